The fourth-order valence-corrected chi connectivity index (χ4v) is 3.04. The number of hydrogen-bond donors (Lipinski definition) is 1. The highest BCUT2D eigenvalue weighted by molar-refractivity contribution is 5.19. The fraction of sp³-hybridized carbons (Fsp3) is 0.857. The van der Waals surface area contributed by atoms with Crippen LogP contribution in [0.5, 0.6) is 0 Å². The quantitative estimate of drug-likeness (QED) is 0.603. The van der Waals surface area contributed by atoms with Crippen molar-refractivity contribution in [3.63, 3.8) is 0 Å². The maximum absolute atomic E-state index is 5.95. The molecule has 0 heterocycles. The van der Waals surface area contributed by atoms with Crippen LogP contribution in [0.25, 0.3) is 0 Å². The molecule has 2 saturated carbocycles. The highest BCUT2D eigenvalue weighted by Crippen LogP contribution is 2.37. The summed E-state index contributed by atoms with van der Waals surface area (Å²) in [7, 11) is 0. The molecule has 2 unspecified atom stereocenters. The van der Waals surface area contributed by atoms with Gasteiger partial charge in [0.05, 0.1) is 0 Å². The van der Waals surface area contributed by atoms with Gasteiger partial charge >= 0.3 is 0 Å². The van der Waals surface area contributed by atoms with Gasteiger partial charge < -0.3 is 5.73 Å². The molecule has 0 aromatic carbocycles. The number of allylic oxidation sites excluding steroid dienone is 2. The molecule has 0 aromatic rings. The van der Waals surface area contributed by atoms with Gasteiger partial charge in [-0.05, 0) is 56.8 Å². The Morgan fingerprint density at radius 1 is 0.867 bits per heavy atom. The third kappa shape index (κ3) is 2.63. The van der Waals surface area contributed by atoms with Gasteiger partial charge in [-0.1, -0.05) is 25.0 Å². The molecule has 0 aliphatic heterocycles. The molecule has 86 valence electrons. The topological polar surface area (TPSA) is 26.0 Å². The van der Waals surface area contributed by atoms with E-state index in [0.29, 0.717) is 6.04 Å². The zero-order chi connectivity index (χ0) is 10.8. The Kier molecular flexibility index (Phi) is 3.50. The first-order chi connectivity index (χ1) is 7.16. The summed E-state index contributed by atoms with van der Waals surface area (Å²) in [6.07, 6.45) is 9.18. The van der Waals surface area contributed by atoms with Gasteiger partial charge in [0, 0.05) is 6.04 Å². The second-order valence-corrected chi connectivity index (χ2v) is 5.74. The first-order valence-corrected chi connectivity index (χ1v) is 6.62. The van der Waals surface area contributed by atoms with Crippen LogP contribution < -0.4 is 5.73 Å². The standard InChI is InChI=1S/C14H25N/c1-10-3-4-13(9-11(10)2)12-5-7-14(15)8-6-12/h10-11,14H,3-9,15H2,1-2H3. The third-order valence-electron chi connectivity index (χ3n) is 4.58. The lowest BCUT2D eigenvalue weighted by atomic mass is 9.75. The molecule has 0 bridgehead atoms. The van der Waals surface area contributed by atoms with Gasteiger partial charge in [-0.25, -0.2) is 0 Å². The summed E-state index contributed by atoms with van der Waals surface area (Å²) in [6.45, 7) is 4.82. The highest BCUT2D eigenvalue weighted by Gasteiger charge is 2.23. The summed E-state index contributed by atoms with van der Waals surface area (Å²) in [5.74, 6) is 1.83. The molecular formula is C14H25N. The molecule has 2 rings (SSSR count). The van der Waals surface area contributed by atoms with Gasteiger partial charge in [0.1, 0.15) is 0 Å². The molecule has 2 aliphatic carbocycles. The van der Waals surface area contributed by atoms with Crippen LogP contribution in [-0.4, -0.2) is 6.04 Å². The molecular weight excluding hydrogens is 182 g/mol. The maximum atomic E-state index is 5.95. The molecule has 0 spiro atoms. The van der Waals surface area contributed by atoms with E-state index in [1.807, 2.05) is 0 Å². The number of rotatable bonds is 0. The van der Waals surface area contributed by atoms with E-state index < -0.39 is 0 Å². The summed E-state index contributed by atoms with van der Waals surface area (Å²) in [4.78, 5) is 0. The monoisotopic (exact) mass is 207 g/mol. The van der Waals surface area contributed by atoms with Gasteiger partial charge in [0.15, 0.2) is 0 Å². The predicted octanol–water partition coefficient (Wildman–Crippen LogP) is 3.64. The molecule has 1 nitrogen and oxygen atoms in total. The summed E-state index contributed by atoms with van der Waals surface area (Å²) in [5.41, 5.74) is 9.53. The normalized spacial score (nSPS) is 38.2. The summed E-state index contributed by atoms with van der Waals surface area (Å²) in [6, 6.07) is 0.481. The Hall–Kier alpha value is -0.300. The van der Waals surface area contributed by atoms with Crippen LogP contribution in [-0.2, 0) is 0 Å². The van der Waals surface area contributed by atoms with Crippen LogP contribution in [0.15, 0.2) is 11.1 Å². The van der Waals surface area contributed by atoms with Crippen molar-refractivity contribution in [2.45, 2.75) is 64.8 Å². The van der Waals surface area contributed by atoms with Crippen molar-refractivity contribution in [1.82, 2.24) is 0 Å². The number of hydrogen-bond acceptors (Lipinski definition) is 1. The molecule has 1 heteroatoms. The minimum absolute atomic E-state index is 0.481. The molecule has 0 aromatic heterocycles. The Morgan fingerprint density at radius 2 is 1.47 bits per heavy atom. The van der Waals surface area contributed by atoms with Gasteiger partial charge in [-0.15, -0.1) is 0 Å². The minimum Gasteiger partial charge on any atom is -0.328 e. The van der Waals surface area contributed by atoms with Crippen molar-refractivity contribution in [1.29, 1.82) is 0 Å². The first-order valence-electron chi connectivity index (χ1n) is 6.62. The van der Waals surface area contributed by atoms with Crippen molar-refractivity contribution in [2.75, 3.05) is 0 Å². The molecule has 0 radical (unpaired) electrons. The largest absolute Gasteiger partial charge is 0.328 e. The molecule has 2 aliphatic rings. The Morgan fingerprint density at radius 3 is 2.07 bits per heavy atom. The zero-order valence-electron chi connectivity index (χ0n) is 10.3. The molecule has 2 fully saturated rings. The Bertz CT molecular complexity index is 244. The van der Waals surface area contributed by atoms with Gasteiger partial charge in [-0.3, -0.25) is 0 Å². The van der Waals surface area contributed by atoms with E-state index >= 15 is 0 Å². The molecule has 2 atom stereocenters. The Labute approximate surface area is 94.1 Å². The van der Waals surface area contributed by atoms with E-state index in [9.17, 15) is 0 Å². The van der Waals surface area contributed by atoms with Gasteiger partial charge in [0.2, 0.25) is 0 Å². The summed E-state index contributed by atoms with van der Waals surface area (Å²) in [5, 5.41) is 0. The Balaban J connectivity index is 2.00. The van der Waals surface area contributed by atoms with Crippen LogP contribution in [0.3, 0.4) is 0 Å². The average Bonchev–Trinajstić information content (AvgIpc) is 2.23. The van der Waals surface area contributed by atoms with E-state index in [-0.39, 0.29) is 0 Å². The fourth-order valence-electron chi connectivity index (χ4n) is 3.04. The molecule has 2 N–H and O–H groups in total. The maximum Gasteiger partial charge on any atom is 0.00449 e. The van der Waals surface area contributed by atoms with Crippen LogP contribution in [0, 0.1) is 11.8 Å². The van der Waals surface area contributed by atoms with E-state index in [1.165, 1.54) is 44.9 Å². The minimum atomic E-state index is 0.481. The first kappa shape index (κ1) is 11.2. The lowest BCUT2D eigenvalue weighted by molar-refractivity contribution is 0.318. The van der Waals surface area contributed by atoms with Crippen LogP contribution in [0.2, 0.25) is 0 Å². The lowest BCUT2D eigenvalue weighted by Crippen LogP contribution is -2.25. The zero-order valence-corrected chi connectivity index (χ0v) is 10.3. The van der Waals surface area contributed by atoms with Crippen molar-refractivity contribution in [2.24, 2.45) is 17.6 Å². The predicted molar refractivity (Wildman–Crippen MR) is 65.6 cm³/mol. The van der Waals surface area contributed by atoms with Crippen molar-refractivity contribution in [3.05, 3.63) is 11.1 Å². The summed E-state index contributed by atoms with van der Waals surface area (Å²) >= 11 is 0. The second kappa shape index (κ2) is 4.69. The van der Waals surface area contributed by atoms with Gasteiger partial charge in [0.25, 0.3) is 0 Å². The van der Waals surface area contributed by atoms with Crippen LogP contribution in [0.1, 0.15) is 58.8 Å². The molecule has 0 saturated heterocycles. The SMILES string of the molecule is CC1CCC(=C2CCC(N)CC2)CC1C. The van der Waals surface area contributed by atoms with Crippen LogP contribution in [0.4, 0.5) is 0 Å². The third-order valence-corrected chi connectivity index (χ3v) is 4.58. The van der Waals surface area contributed by atoms with Crippen molar-refractivity contribution < 1.29 is 0 Å². The second-order valence-electron chi connectivity index (χ2n) is 5.74. The van der Waals surface area contributed by atoms with Crippen LogP contribution >= 0.6 is 0 Å². The smallest absolute Gasteiger partial charge is 0.00449 e. The number of nitrogens with two attached hydrogens (primary N) is 1. The summed E-state index contributed by atoms with van der Waals surface area (Å²) < 4.78 is 0. The van der Waals surface area contributed by atoms with E-state index in [1.54, 1.807) is 11.1 Å². The average molecular weight is 207 g/mol. The van der Waals surface area contributed by atoms with Crippen molar-refractivity contribution in [3.8, 4) is 0 Å². The van der Waals surface area contributed by atoms with E-state index in [2.05, 4.69) is 13.8 Å². The van der Waals surface area contributed by atoms with Gasteiger partial charge in [-0.2, -0.15) is 0 Å². The van der Waals surface area contributed by atoms with E-state index in [4.69, 9.17) is 5.73 Å². The van der Waals surface area contributed by atoms with Crippen molar-refractivity contribution >= 4 is 0 Å². The highest BCUT2D eigenvalue weighted by atomic mass is 14.6. The van der Waals surface area contributed by atoms with E-state index in [0.717, 1.165) is 11.8 Å². The lowest BCUT2D eigenvalue weighted by Gasteiger charge is -2.31. The molecule has 0 amide bonds. The molecule has 15 heavy (non-hydrogen) atoms.